The summed E-state index contributed by atoms with van der Waals surface area (Å²) in [5.74, 6) is -3.36. The number of anilines is 1. The molecule has 0 radical (unpaired) electrons. The van der Waals surface area contributed by atoms with Crippen molar-refractivity contribution >= 4 is 17.7 Å². The number of alkyl halides is 6. The molecular formula is C27H29F6NO4. The fraction of sp³-hybridized carbons (Fsp3) is 0.481. The highest BCUT2D eigenvalue weighted by Gasteiger charge is 2.45. The summed E-state index contributed by atoms with van der Waals surface area (Å²) in [5, 5.41) is 0. The third kappa shape index (κ3) is 5.76. The van der Waals surface area contributed by atoms with Crippen LogP contribution in [0.3, 0.4) is 0 Å². The summed E-state index contributed by atoms with van der Waals surface area (Å²) in [6, 6.07) is 4.05. The van der Waals surface area contributed by atoms with Crippen LogP contribution in [0.25, 0.3) is 0 Å². The van der Waals surface area contributed by atoms with Gasteiger partial charge in [-0.1, -0.05) is 13.0 Å². The quantitative estimate of drug-likeness (QED) is 0.288. The van der Waals surface area contributed by atoms with Gasteiger partial charge in [0.15, 0.2) is 0 Å². The van der Waals surface area contributed by atoms with Gasteiger partial charge in [0.05, 0.1) is 36.4 Å². The molecule has 1 aliphatic rings. The predicted molar refractivity (Wildman–Crippen MR) is 128 cm³/mol. The van der Waals surface area contributed by atoms with Crippen molar-refractivity contribution in [2.75, 3.05) is 18.6 Å². The largest absolute Gasteiger partial charge is 0.469 e. The van der Waals surface area contributed by atoms with Gasteiger partial charge in [-0.05, 0) is 80.1 Å². The molecule has 0 saturated carbocycles. The zero-order chi connectivity index (χ0) is 28.6. The van der Waals surface area contributed by atoms with Crippen molar-refractivity contribution in [1.82, 2.24) is 0 Å². The van der Waals surface area contributed by atoms with Crippen LogP contribution in [-0.4, -0.2) is 31.8 Å². The number of fused-ring (bicyclic) bond motifs is 1. The molecule has 0 fully saturated rings. The van der Waals surface area contributed by atoms with Crippen LogP contribution in [0.4, 0.5) is 36.8 Å². The Kier molecular flexibility index (Phi) is 8.38. The van der Waals surface area contributed by atoms with Crippen LogP contribution >= 0.6 is 0 Å². The summed E-state index contributed by atoms with van der Waals surface area (Å²) in [6.45, 7) is 7.13. The first-order valence-electron chi connectivity index (χ1n) is 12.1. The van der Waals surface area contributed by atoms with Crippen molar-refractivity contribution < 1.29 is 45.4 Å². The van der Waals surface area contributed by atoms with Gasteiger partial charge < -0.3 is 9.47 Å². The number of ether oxygens (including phenoxy) is 2. The number of amides is 1. The lowest BCUT2D eigenvalue weighted by molar-refractivity contribution is -0.145. The molecular weight excluding hydrogens is 516 g/mol. The maximum absolute atomic E-state index is 13.6. The second kappa shape index (κ2) is 10.9. The van der Waals surface area contributed by atoms with Crippen molar-refractivity contribution in [3.8, 4) is 0 Å². The van der Waals surface area contributed by atoms with E-state index < -0.39 is 59.0 Å². The number of esters is 1. The standard InChI is InChI=1S/C27H29F6NO4/c1-6-19-13-21(20-8-14(3)15(4)9-22(20)34(19)25(36)38-7-2)23(24(35)37-5)16-10-17(26(28,29)30)12-18(11-16)27(31,32)33/h8-12,19,21,23H,6-7,13H2,1-5H3/t19-,21-,23?/m1/s1. The number of hydrogen-bond donors (Lipinski definition) is 0. The van der Waals surface area contributed by atoms with E-state index in [9.17, 15) is 35.9 Å². The Morgan fingerprint density at radius 1 is 0.947 bits per heavy atom. The Morgan fingerprint density at radius 3 is 1.97 bits per heavy atom. The lowest BCUT2D eigenvalue weighted by atomic mass is 9.73. The minimum Gasteiger partial charge on any atom is -0.469 e. The van der Waals surface area contributed by atoms with E-state index in [0.29, 0.717) is 29.8 Å². The maximum atomic E-state index is 13.6. The van der Waals surface area contributed by atoms with Gasteiger partial charge in [0.25, 0.3) is 0 Å². The molecule has 0 saturated heterocycles. The minimum absolute atomic E-state index is 0.0253. The van der Waals surface area contributed by atoms with Gasteiger partial charge in [0, 0.05) is 12.0 Å². The highest BCUT2D eigenvalue weighted by molar-refractivity contribution is 5.91. The third-order valence-electron chi connectivity index (χ3n) is 6.96. The molecule has 1 unspecified atom stereocenters. The second-order valence-electron chi connectivity index (χ2n) is 9.31. The average Bonchev–Trinajstić information content (AvgIpc) is 2.83. The predicted octanol–water partition coefficient (Wildman–Crippen LogP) is 7.53. The number of benzene rings is 2. The smallest absolute Gasteiger partial charge is 0.416 e. The Hall–Kier alpha value is -3.24. The van der Waals surface area contributed by atoms with Gasteiger partial charge in [-0.3, -0.25) is 9.69 Å². The van der Waals surface area contributed by atoms with Crippen molar-refractivity contribution in [2.45, 2.75) is 70.8 Å². The second-order valence-corrected chi connectivity index (χ2v) is 9.31. The normalized spacial score (nSPS) is 18.6. The Morgan fingerprint density at radius 2 is 1.50 bits per heavy atom. The first kappa shape index (κ1) is 29.3. The number of carbonyl (C=O) groups is 2. The molecule has 11 heteroatoms. The van der Waals surface area contributed by atoms with E-state index in [-0.39, 0.29) is 19.1 Å². The van der Waals surface area contributed by atoms with E-state index in [2.05, 4.69) is 0 Å². The zero-order valence-electron chi connectivity index (χ0n) is 21.6. The van der Waals surface area contributed by atoms with Gasteiger partial charge in [-0.25, -0.2) is 4.79 Å². The fourth-order valence-electron chi connectivity index (χ4n) is 4.97. The molecule has 2 aromatic rings. The molecule has 0 bridgehead atoms. The highest BCUT2D eigenvalue weighted by Crippen LogP contribution is 2.49. The van der Waals surface area contributed by atoms with E-state index in [0.717, 1.165) is 18.2 Å². The number of rotatable bonds is 5. The van der Waals surface area contributed by atoms with Crippen molar-refractivity contribution in [3.63, 3.8) is 0 Å². The Balaban J connectivity index is 2.32. The molecule has 0 aromatic heterocycles. The zero-order valence-corrected chi connectivity index (χ0v) is 21.6. The SMILES string of the molecule is CCOC(=O)N1c2cc(C)c(C)cc2[C@H](C(C(=O)OC)c2cc(C(F)(F)F)cc(C(F)(F)F)c2)C[C@H]1CC. The van der Waals surface area contributed by atoms with E-state index in [1.165, 1.54) is 4.90 Å². The number of aryl methyl sites for hydroxylation is 2. The van der Waals surface area contributed by atoms with E-state index in [4.69, 9.17) is 9.47 Å². The van der Waals surface area contributed by atoms with Gasteiger partial charge in [-0.2, -0.15) is 26.3 Å². The lowest BCUT2D eigenvalue weighted by Crippen LogP contribution is -2.46. The molecule has 5 nitrogen and oxygen atoms in total. The van der Waals surface area contributed by atoms with Crippen LogP contribution in [0.1, 0.15) is 71.9 Å². The van der Waals surface area contributed by atoms with E-state index >= 15 is 0 Å². The summed E-state index contributed by atoms with van der Waals surface area (Å²) in [5.41, 5.74) is -1.09. The summed E-state index contributed by atoms with van der Waals surface area (Å²) in [7, 11) is 1.03. The number of methoxy groups -OCH3 is 1. The van der Waals surface area contributed by atoms with E-state index in [1.54, 1.807) is 32.9 Å². The van der Waals surface area contributed by atoms with Crippen LogP contribution in [0.2, 0.25) is 0 Å². The molecule has 0 N–H and O–H groups in total. The molecule has 1 amide bonds. The molecule has 2 aromatic carbocycles. The van der Waals surface area contributed by atoms with Crippen LogP contribution in [0.15, 0.2) is 30.3 Å². The van der Waals surface area contributed by atoms with Gasteiger partial charge >= 0.3 is 24.4 Å². The van der Waals surface area contributed by atoms with Gasteiger partial charge in [0.1, 0.15) is 0 Å². The topological polar surface area (TPSA) is 55.8 Å². The Bertz CT molecular complexity index is 1180. The number of halogens is 6. The molecule has 38 heavy (non-hydrogen) atoms. The van der Waals surface area contributed by atoms with Gasteiger partial charge in [0.2, 0.25) is 0 Å². The summed E-state index contributed by atoms with van der Waals surface area (Å²) < 4.78 is 92.0. The average molecular weight is 546 g/mol. The Labute approximate surface area is 216 Å². The van der Waals surface area contributed by atoms with E-state index in [1.807, 2.05) is 6.92 Å². The fourth-order valence-corrected chi connectivity index (χ4v) is 4.97. The molecule has 0 aliphatic carbocycles. The van der Waals surface area contributed by atoms with Crippen molar-refractivity contribution in [1.29, 1.82) is 0 Å². The van der Waals surface area contributed by atoms with Crippen LogP contribution < -0.4 is 4.90 Å². The maximum Gasteiger partial charge on any atom is 0.416 e. The van der Waals surface area contributed by atoms with Crippen LogP contribution in [0.5, 0.6) is 0 Å². The summed E-state index contributed by atoms with van der Waals surface area (Å²) in [4.78, 5) is 27.5. The first-order valence-corrected chi connectivity index (χ1v) is 12.1. The van der Waals surface area contributed by atoms with Gasteiger partial charge in [-0.15, -0.1) is 0 Å². The molecule has 1 heterocycles. The van der Waals surface area contributed by atoms with Crippen molar-refractivity contribution in [3.05, 3.63) is 63.7 Å². The monoisotopic (exact) mass is 545 g/mol. The molecule has 208 valence electrons. The third-order valence-corrected chi connectivity index (χ3v) is 6.96. The first-order chi connectivity index (χ1) is 17.6. The summed E-state index contributed by atoms with van der Waals surface area (Å²) in [6.07, 6.45) is -10.3. The molecule has 0 spiro atoms. The number of carbonyl (C=O) groups excluding carboxylic acids is 2. The number of nitrogens with zero attached hydrogens (tertiary/aromatic N) is 1. The number of hydrogen-bond acceptors (Lipinski definition) is 4. The lowest BCUT2D eigenvalue weighted by Gasteiger charge is -2.42. The van der Waals surface area contributed by atoms with Crippen LogP contribution in [-0.2, 0) is 26.6 Å². The molecule has 3 atom stereocenters. The summed E-state index contributed by atoms with van der Waals surface area (Å²) >= 11 is 0. The molecule has 3 rings (SSSR count). The van der Waals surface area contributed by atoms with Crippen molar-refractivity contribution in [2.24, 2.45) is 0 Å². The minimum atomic E-state index is -5.08. The van der Waals surface area contributed by atoms with Crippen LogP contribution in [0, 0.1) is 13.8 Å². The highest BCUT2D eigenvalue weighted by atomic mass is 19.4. The molecule has 1 aliphatic heterocycles.